The van der Waals surface area contributed by atoms with E-state index in [0.717, 1.165) is 17.7 Å². The molecule has 2 atom stereocenters. The van der Waals surface area contributed by atoms with Crippen LogP contribution in [0.4, 0.5) is 8.78 Å². The summed E-state index contributed by atoms with van der Waals surface area (Å²) in [6, 6.07) is 4.73. The normalized spacial score (nSPS) is 14.3. The summed E-state index contributed by atoms with van der Waals surface area (Å²) in [6.07, 6.45) is 0. The minimum absolute atomic E-state index is 0.121. The molecule has 1 N–H and O–H groups in total. The molecule has 2 aromatic rings. The number of hydrogen-bond donors (Lipinski definition) is 1. The van der Waals surface area contributed by atoms with Crippen molar-refractivity contribution in [2.45, 2.75) is 25.9 Å². The Labute approximate surface area is 130 Å². The summed E-state index contributed by atoms with van der Waals surface area (Å²) >= 11 is 13.3. The number of benzene rings is 1. The van der Waals surface area contributed by atoms with E-state index in [1.54, 1.807) is 13.0 Å². The molecule has 2 rings (SSSR count). The van der Waals surface area contributed by atoms with Gasteiger partial charge in [0.05, 0.1) is 8.67 Å². The summed E-state index contributed by atoms with van der Waals surface area (Å²) in [5.41, 5.74) is 1.14. The van der Waals surface area contributed by atoms with Crippen LogP contribution in [-0.4, -0.2) is 0 Å². The molecular weight excluding hydrogens is 323 g/mol. The van der Waals surface area contributed by atoms with Gasteiger partial charge in [0, 0.05) is 17.6 Å². The zero-order valence-corrected chi connectivity index (χ0v) is 13.2. The molecule has 6 heteroatoms. The fourth-order valence-electron chi connectivity index (χ4n) is 2.05. The van der Waals surface area contributed by atoms with E-state index in [-0.39, 0.29) is 17.6 Å². The van der Waals surface area contributed by atoms with Crippen molar-refractivity contribution in [3.63, 3.8) is 0 Å². The Hall–Kier alpha value is -0.680. The van der Waals surface area contributed by atoms with Gasteiger partial charge in [-0.05, 0) is 43.7 Å². The maximum atomic E-state index is 13.7. The molecule has 0 aliphatic rings. The summed E-state index contributed by atoms with van der Waals surface area (Å²) in [4.78, 5) is 0. The third-order valence-corrected chi connectivity index (χ3v) is 4.59. The number of rotatable bonds is 4. The molecule has 0 saturated heterocycles. The lowest BCUT2D eigenvalue weighted by atomic mass is 10.1. The highest BCUT2D eigenvalue weighted by atomic mass is 35.5. The van der Waals surface area contributed by atoms with Crippen LogP contribution < -0.4 is 5.32 Å². The summed E-state index contributed by atoms with van der Waals surface area (Å²) < 4.78 is 28.1. The Kier molecular flexibility index (Phi) is 5.02. The van der Waals surface area contributed by atoms with Crippen LogP contribution in [0.25, 0.3) is 0 Å². The first kappa shape index (κ1) is 15.7. The van der Waals surface area contributed by atoms with Crippen LogP contribution in [0.5, 0.6) is 0 Å². The Morgan fingerprint density at radius 1 is 1.05 bits per heavy atom. The van der Waals surface area contributed by atoms with Gasteiger partial charge in [-0.25, -0.2) is 8.78 Å². The van der Waals surface area contributed by atoms with E-state index in [4.69, 9.17) is 23.2 Å². The topological polar surface area (TPSA) is 12.0 Å². The maximum absolute atomic E-state index is 13.7. The average molecular weight is 336 g/mol. The monoisotopic (exact) mass is 335 g/mol. The summed E-state index contributed by atoms with van der Waals surface area (Å²) in [7, 11) is 0. The number of hydrogen-bond acceptors (Lipinski definition) is 2. The van der Waals surface area contributed by atoms with Gasteiger partial charge < -0.3 is 5.32 Å². The molecule has 1 aromatic heterocycles. The van der Waals surface area contributed by atoms with E-state index in [2.05, 4.69) is 5.32 Å². The largest absolute Gasteiger partial charge is 0.303 e. The van der Waals surface area contributed by atoms with Gasteiger partial charge in [0.25, 0.3) is 0 Å². The first-order chi connectivity index (χ1) is 9.38. The molecule has 0 bridgehead atoms. The van der Waals surface area contributed by atoms with Gasteiger partial charge in [-0.1, -0.05) is 23.2 Å². The molecule has 0 aliphatic heterocycles. The van der Waals surface area contributed by atoms with E-state index in [1.807, 2.05) is 6.92 Å². The van der Waals surface area contributed by atoms with Crippen molar-refractivity contribution >= 4 is 34.5 Å². The number of thiophene rings is 1. The molecule has 2 unspecified atom stereocenters. The van der Waals surface area contributed by atoms with Gasteiger partial charge >= 0.3 is 0 Å². The van der Waals surface area contributed by atoms with Crippen molar-refractivity contribution in [1.29, 1.82) is 0 Å². The number of nitrogens with one attached hydrogen (secondary N) is 1. The highest BCUT2D eigenvalue weighted by Crippen LogP contribution is 2.35. The minimum Gasteiger partial charge on any atom is -0.303 e. The summed E-state index contributed by atoms with van der Waals surface area (Å²) in [5.74, 6) is -0.896. The number of halogens is 4. The van der Waals surface area contributed by atoms with Crippen LogP contribution >= 0.6 is 34.5 Å². The van der Waals surface area contributed by atoms with Crippen molar-refractivity contribution < 1.29 is 8.78 Å². The molecule has 1 aromatic carbocycles. The highest BCUT2D eigenvalue weighted by Gasteiger charge is 2.18. The maximum Gasteiger partial charge on any atom is 0.128 e. The van der Waals surface area contributed by atoms with Crippen LogP contribution in [-0.2, 0) is 0 Å². The van der Waals surface area contributed by atoms with Gasteiger partial charge in [0.2, 0.25) is 0 Å². The minimum atomic E-state index is -0.459. The Balaban J connectivity index is 2.17. The summed E-state index contributed by atoms with van der Waals surface area (Å²) in [5, 5.41) is 3.19. The van der Waals surface area contributed by atoms with Crippen LogP contribution in [0.2, 0.25) is 8.67 Å². The van der Waals surface area contributed by atoms with Gasteiger partial charge in [-0.2, -0.15) is 0 Å². The Bertz CT molecular complexity index is 615. The molecule has 0 aliphatic carbocycles. The summed E-state index contributed by atoms with van der Waals surface area (Å²) in [6.45, 7) is 3.67. The predicted molar refractivity (Wildman–Crippen MR) is 80.7 cm³/mol. The fourth-order valence-corrected chi connectivity index (χ4v) is 3.69. The molecule has 1 heterocycles. The molecule has 108 valence electrons. The SMILES string of the molecule is CC(NC(C)c1cc(Cl)sc1Cl)c1cc(F)ccc1F. The van der Waals surface area contributed by atoms with Gasteiger partial charge in [0.15, 0.2) is 0 Å². The molecule has 20 heavy (non-hydrogen) atoms. The van der Waals surface area contributed by atoms with Gasteiger partial charge in [0.1, 0.15) is 11.6 Å². The lowest BCUT2D eigenvalue weighted by molar-refractivity contribution is 0.470. The van der Waals surface area contributed by atoms with E-state index in [1.165, 1.54) is 17.4 Å². The second-order valence-corrected chi connectivity index (χ2v) is 6.84. The predicted octanol–water partition coefficient (Wildman–Crippen LogP) is 5.74. The molecule has 0 saturated carbocycles. The van der Waals surface area contributed by atoms with Crippen LogP contribution in [0.15, 0.2) is 24.3 Å². The van der Waals surface area contributed by atoms with E-state index < -0.39 is 11.6 Å². The third kappa shape index (κ3) is 3.50. The van der Waals surface area contributed by atoms with Crippen LogP contribution in [0.1, 0.15) is 37.1 Å². The van der Waals surface area contributed by atoms with Gasteiger partial charge in [-0.15, -0.1) is 11.3 Å². The highest BCUT2D eigenvalue weighted by molar-refractivity contribution is 7.20. The van der Waals surface area contributed by atoms with Crippen molar-refractivity contribution in [3.05, 3.63) is 55.7 Å². The molecular formula is C14H13Cl2F2NS. The van der Waals surface area contributed by atoms with Crippen molar-refractivity contribution in [2.24, 2.45) is 0 Å². The van der Waals surface area contributed by atoms with E-state index in [9.17, 15) is 8.78 Å². The lowest BCUT2D eigenvalue weighted by Crippen LogP contribution is -2.23. The van der Waals surface area contributed by atoms with Gasteiger partial charge in [-0.3, -0.25) is 0 Å². The average Bonchev–Trinajstić information content (AvgIpc) is 2.71. The Morgan fingerprint density at radius 3 is 2.30 bits per heavy atom. The second-order valence-electron chi connectivity index (χ2n) is 4.56. The third-order valence-electron chi connectivity index (χ3n) is 3.07. The zero-order valence-electron chi connectivity index (χ0n) is 10.9. The fraction of sp³-hybridized carbons (Fsp3) is 0.286. The molecule has 0 spiro atoms. The standard InChI is InChI=1S/C14H13Cl2F2NS/c1-7(10-5-9(17)3-4-12(10)18)19-8(2)11-6-13(15)20-14(11)16/h3-8,19H,1-2H3. The van der Waals surface area contributed by atoms with Crippen molar-refractivity contribution in [2.75, 3.05) is 0 Å². The molecule has 1 nitrogen and oxygen atoms in total. The van der Waals surface area contributed by atoms with Crippen LogP contribution in [0, 0.1) is 11.6 Å². The molecule has 0 amide bonds. The van der Waals surface area contributed by atoms with Crippen molar-refractivity contribution in [3.8, 4) is 0 Å². The quantitative estimate of drug-likeness (QED) is 0.750. The lowest BCUT2D eigenvalue weighted by Gasteiger charge is -2.20. The molecule has 0 fully saturated rings. The van der Waals surface area contributed by atoms with E-state index >= 15 is 0 Å². The first-order valence-corrected chi connectivity index (χ1v) is 7.61. The second kappa shape index (κ2) is 6.39. The Morgan fingerprint density at radius 2 is 1.70 bits per heavy atom. The zero-order chi connectivity index (χ0) is 14.9. The first-order valence-electron chi connectivity index (χ1n) is 6.04. The van der Waals surface area contributed by atoms with Crippen molar-refractivity contribution in [1.82, 2.24) is 5.32 Å². The molecule has 0 radical (unpaired) electrons. The van der Waals surface area contributed by atoms with E-state index in [0.29, 0.717) is 8.67 Å². The van der Waals surface area contributed by atoms with Crippen LogP contribution in [0.3, 0.4) is 0 Å². The smallest absolute Gasteiger partial charge is 0.128 e.